The van der Waals surface area contributed by atoms with Crippen LogP contribution in [-0.2, 0) is 14.8 Å². The number of rotatable bonds is 6. The zero-order valence-corrected chi connectivity index (χ0v) is 17.5. The fourth-order valence-electron chi connectivity index (χ4n) is 2.72. The first-order valence-corrected chi connectivity index (χ1v) is 10.7. The molecule has 0 saturated heterocycles. The number of hydrogen-bond acceptors (Lipinski definition) is 6. The Morgan fingerprint density at radius 3 is 2.50 bits per heavy atom. The second-order valence-electron chi connectivity index (χ2n) is 6.76. The van der Waals surface area contributed by atoms with Crippen molar-refractivity contribution in [2.75, 3.05) is 39.2 Å². The van der Waals surface area contributed by atoms with Crippen LogP contribution in [0.2, 0.25) is 0 Å². The predicted molar refractivity (Wildman–Crippen MR) is 110 cm³/mol. The average molecular weight is 433 g/mol. The Morgan fingerprint density at radius 1 is 1.03 bits per heavy atom. The molecule has 0 bridgehead atoms. The van der Waals surface area contributed by atoms with Gasteiger partial charge in [0.05, 0.1) is 24.7 Å². The van der Waals surface area contributed by atoms with Crippen LogP contribution in [0.3, 0.4) is 0 Å². The van der Waals surface area contributed by atoms with E-state index in [9.17, 15) is 18.0 Å². The van der Waals surface area contributed by atoms with Gasteiger partial charge in [-0.3, -0.25) is 9.59 Å². The van der Waals surface area contributed by atoms with Crippen molar-refractivity contribution in [3.63, 3.8) is 0 Å². The number of anilines is 1. The van der Waals surface area contributed by atoms with Crippen molar-refractivity contribution in [1.82, 2.24) is 9.62 Å². The summed E-state index contributed by atoms with van der Waals surface area (Å²) >= 11 is 0. The van der Waals surface area contributed by atoms with Gasteiger partial charge in [-0.05, 0) is 30.3 Å². The van der Waals surface area contributed by atoms with Crippen LogP contribution < -0.4 is 20.1 Å². The quantitative estimate of drug-likeness (QED) is 0.713. The van der Waals surface area contributed by atoms with Gasteiger partial charge < -0.3 is 20.1 Å². The highest BCUT2D eigenvalue weighted by Gasteiger charge is 2.19. The molecular weight excluding hydrogens is 410 g/mol. The van der Waals surface area contributed by atoms with Crippen molar-refractivity contribution in [2.24, 2.45) is 0 Å². The fourth-order valence-corrected chi connectivity index (χ4v) is 3.67. The second kappa shape index (κ2) is 9.14. The minimum absolute atomic E-state index is 0.00296. The molecule has 30 heavy (non-hydrogen) atoms. The molecule has 1 heterocycles. The van der Waals surface area contributed by atoms with E-state index in [2.05, 4.69) is 10.6 Å². The smallest absolute Gasteiger partial charge is 0.251 e. The molecule has 0 fully saturated rings. The lowest BCUT2D eigenvalue weighted by Gasteiger charge is -2.12. The summed E-state index contributed by atoms with van der Waals surface area (Å²) in [6.07, 6.45) is 0.777. The van der Waals surface area contributed by atoms with E-state index in [1.165, 1.54) is 38.4 Å². The highest BCUT2D eigenvalue weighted by molar-refractivity contribution is 7.89. The molecule has 3 rings (SSSR count). The predicted octanol–water partition coefficient (Wildman–Crippen LogP) is 1.47. The van der Waals surface area contributed by atoms with E-state index in [0.717, 1.165) is 10.7 Å². The summed E-state index contributed by atoms with van der Waals surface area (Å²) in [6, 6.07) is 10.7. The maximum Gasteiger partial charge on any atom is 0.251 e. The molecule has 2 N–H and O–H groups in total. The van der Waals surface area contributed by atoms with Gasteiger partial charge >= 0.3 is 0 Å². The number of benzene rings is 2. The molecule has 1 aliphatic rings. The van der Waals surface area contributed by atoms with Gasteiger partial charge in [-0.15, -0.1) is 0 Å². The molecule has 0 spiro atoms. The zero-order chi connectivity index (χ0) is 21.7. The van der Waals surface area contributed by atoms with Gasteiger partial charge in [0.1, 0.15) is 0 Å². The van der Waals surface area contributed by atoms with E-state index in [-0.39, 0.29) is 17.0 Å². The van der Waals surface area contributed by atoms with Crippen LogP contribution in [0.15, 0.2) is 47.4 Å². The van der Waals surface area contributed by atoms with Gasteiger partial charge in [0.25, 0.3) is 5.91 Å². The van der Waals surface area contributed by atoms with Crippen LogP contribution >= 0.6 is 0 Å². The maximum absolute atomic E-state index is 12.3. The summed E-state index contributed by atoms with van der Waals surface area (Å²) in [5.74, 6) is 0.175. The summed E-state index contributed by atoms with van der Waals surface area (Å²) in [5.41, 5.74) is 0.652. The molecule has 9 nitrogen and oxygen atoms in total. The normalized spacial score (nSPS) is 13.4. The SMILES string of the molecule is CN(C)S(=O)(=O)c1cccc(C(=O)NCC(=O)Nc2ccc3c(c2)OCCCO3)c1. The molecule has 160 valence electrons. The number of sulfonamides is 1. The highest BCUT2D eigenvalue weighted by atomic mass is 32.2. The van der Waals surface area contributed by atoms with Crippen molar-refractivity contribution in [3.8, 4) is 11.5 Å². The van der Waals surface area contributed by atoms with Crippen molar-refractivity contribution in [1.29, 1.82) is 0 Å². The Labute approximate surface area is 175 Å². The van der Waals surface area contributed by atoms with Crippen molar-refractivity contribution < 1.29 is 27.5 Å². The Balaban J connectivity index is 1.60. The third-order valence-electron chi connectivity index (χ3n) is 4.32. The topological polar surface area (TPSA) is 114 Å². The highest BCUT2D eigenvalue weighted by Crippen LogP contribution is 2.32. The number of ether oxygens (including phenoxy) is 2. The molecule has 0 unspecified atom stereocenters. The van der Waals surface area contributed by atoms with Crippen LogP contribution in [0, 0.1) is 0 Å². The van der Waals surface area contributed by atoms with E-state index in [1.54, 1.807) is 18.2 Å². The molecule has 0 atom stereocenters. The number of carbonyl (C=O) groups is 2. The van der Waals surface area contributed by atoms with Crippen LogP contribution in [0.5, 0.6) is 11.5 Å². The Bertz CT molecular complexity index is 1050. The third-order valence-corrected chi connectivity index (χ3v) is 6.13. The van der Waals surface area contributed by atoms with Gasteiger partial charge in [0.2, 0.25) is 15.9 Å². The maximum atomic E-state index is 12.3. The molecule has 0 aromatic heterocycles. The van der Waals surface area contributed by atoms with E-state index in [1.807, 2.05) is 0 Å². The summed E-state index contributed by atoms with van der Waals surface area (Å²) < 4.78 is 36.6. The van der Waals surface area contributed by atoms with Crippen molar-refractivity contribution in [3.05, 3.63) is 48.0 Å². The van der Waals surface area contributed by atoms with Gasteiger partial charge in [0, 0.05) is 37.8 Å². The lowest BCUT2D eigenvalue weighted by atomic mass is 10.2. The molecular formula is C20H23N3O6S. The molecule has 2 aromatic rings. The minimum atomic E-state index is -3.66. The summed E-state index contributed by atoms with van der Waals surface area (Å²) in [7, 11) is -0.846. The second-order valence-corrected chi connectivity index (χ2v) is 8.91. The number of fused-ring (bicyclic) bond motifs is 1. The minimum Gasteiger partial charge on any atom is -0.490 e. The van der Waals surface area contributed by atoms with Crippen LogP contribution in [0.1, 0.15) is 16.8 Å². The molecule has 2 aromatic carbocycles. The zero-order valence-electron chi connectivity index (χ0n) is 16.7. The Kier molecular flexibility index (Phi) is 6.58. The lowest BCUT2D eigenvalue weighted by Crippen LogP contribution is -2.33. The first-order valence-electron chi connectivity index (χ1n) is 9.27. The van der Waals surface area contributed by atoms with E-state index in [4.69, 9.17) is 9.47 Å². The summed E-state index contributed by atoms with van der Waals surface area (Å²) in [6.45, 7) is 0.822. The van der Waals surface area contributed by atoms with Gasteiger partial charge in [-0.2, -0.15) is 0 Å². The molecule has 0 radical (unpaired) electrons. The van der Waals surface area contributed by atoms with Gasteiger partial charge in [-0.25, -0.2) is 12.7 Å². The monoisotopic (exact) mass is 433 g/mol. The first-order chi connectivity index (χ1) is 14.3. The number of nitrogens with zero attached hydrogens (tertiary/aromatic N) is 1. The van der Waals surface area contributed by atoms with Crippen molar-refractivity contribution in [2.45, 2.75) is 11.3 Å². The van der Waals surface area contributed by atoms with Gasteiger partial charge in [-0.1, -0.05) is 6.07 Å². The van der Waals surface area contributed by atoms with E-state index >= 15 is 0 Å². The largest absolute Gasteiger partial charge is 0.490 e. The molecule has 10 heteroatoms. The molecule has 1 aliphatic heterocycles. The van der Waals surface area contributed by atoms with E-state index in [0.29, 0.717) is 30.4 Å². The number of amides is 2. The Morgan fingerprint density at radius 2 is 1.77 bits per heavy atom. The number of hydrogen-bond donors (Lipinski definition) is 2. The molecule has 0 aliphatic carbocycles. The van der Waals surface area contributed by atoms with Crippen molar-refractivity contribution >= 4 is 27.5 Å². The van der Waals surface area contributed by atoms with E-state index < -0.39 is 21.8 Å². The standard InChI is InChI=1S/C20H23N3O6S/c1-23(2)30(26,27)16-6-3-5-14(11-16)20(25)21-13-19(24)22-15-7-8-17-18(12-15)29-10-4-9-28-17/h3,5-8,11-12H,4,9-10,13H2,1-2H3,(H,21,25)(H,22,24). The molecule has 2 amide bonds. The molecule has 0 saturated carbocycles. The van der Waals surface area contributed by atoms with Crippen LogP contribution in [-0.4, -0.2) is 58.4 Å². The lowest BCUT2D eigenvalue weighted by molar-refractivity contribution is -0.115. The van der Waals surface area contributed by atoms with Crippen LogP contribution in [0.25, 0.3) is 0 Å². The average Bonchev–Trinajstić information content (AvgIpc) is 2.97. The summed E-state index contributed by atoms with van der Waals surface area (Å²) in [5, 5.41) is 5.16. The third kappa shape index (κ3) is 5.08. The summed E-state index contributed by atoms with van der Waals surface area (Å²) in [4.78, 5) is 24.5. The first kappa shape index (κ1) is 21.6. The number of carbonyl (C=O) groups excluding carboxylic acids is 2. The number of nitrogens with one attached hydrogen (secondary N) is 2. The fraction of sp³-hybridized carbons (Fsp3) is 0.300. The Hall–Kier alpha value is -3.11. The van der Waals surface area contributed by atoms with Crippen LogP contribution in [0.4, 0.5) is 5.69 Å². The van der Waals surface area contributed by atoms with Gasteiger partial charge in [0.15, 0.2) is 11.5 Å².